The number of hydrogen-bond acceptors (Lipinski definition) is 16. The van der Waals surface area contributed by atoms with E-state index in [4.69, 9.17) is 43.5 Å². The Morgan fingerprint density at radius 3 is 1.97 bits per heavy atom. The summed E-state index contributed by atoms with van der Waals surface area (Å²) in [5.41, 5.74) is 8.24. The zero-order valence-electron chi connectivity index (χ0n) is 18.7. The first-order valence-corrected chi connectivity index (χ1v) is 10.7. The van der Waals surface area contributed by atoms with E-state index in [0.29, 0.717) is 0 Å². The van der Waals surface area contributed by atoms with Crippen LogP contribution in [-0.4, -0.2) is 149 Å². The van der Waals surface area contributed by atoms with Crippen LogP contribution in [0.2, 0.25) is 0 Å². The third-order valence-electron chi connectivity index (χ3n) is 5.45. The molecular weight excluding hydrogens is 498 g/mol. The molecule has 12 atom stereocenters. The molecule has 18 heteroatoms. The SMILES string of the molecule is O=C=O.[N-]=[N+]=NCCO[C@@H]1OC[C@@H](O[C@@H]2OC[C@@H](O)C(O[C@H]3OC[C@@H](O)C(O)[C@@H]3O)[C@@H]2O)C(O)[C@@H]1O. The first-order chi connectivity index (χ1) is 17.2. The summed E-state index contributed by atoms with van der Waals surface area (Å²) in [4.78, 5) is 18.8. The van der Waals surface area contributed by atoms with E-state index in [0.717, 1.165) is 0 Å². The van der Waals surface area contributed by atoms with Gasteiger partial charge >= 0.3 is 6.15 Å². The summed E-state index contributed by atoms with van der Waals surface area (Å²) in [6.45, 7) is -0.988. The predicted molar refractivity (Wildman–Crippen MR) is 106 cm³/mol. The van der Waals surface area contributed by atoms with Crippen LogP contribution in [0.4, 0.5) is 0 Å². The van der Waals surface area contributed by atoms with Gasteiger partial charge in [0.15, 0.2) is 18.9 Å². The third kappa shape index (κ3) is 7.83. The zero-order chi connectivity index (χ0) is 26.8. The third-order valence-corrected chi connectivity index (χ3v) is 5.45. The van der Waals surface area contributed by atoms with Gasteiger partial charge in [-0.1, -0.05) is 5.11 Å². The summed E-state index contributed by atoms with van der Waals surface area (Å²) in [5, 5.41) is 73.9. The van der Waals surface area contributed by atoms with Gasteiger partial charge in [-0.25, -0.2) is 0 Å². The van der Waals surface area contributed by atoms with Gasteiger partial charge < -0.3 is 64.2 Å². The molecule has 3 saturated heterocycles. The molecule has 0 radical (unpaired) electrons. The van der Waals surface area contributed by atoms with Crippen molar-refractivity contribution in [2.24, 2.45) is 5.11 Å². The van der Waals surface area contributed by atoms with Crippen molar-refractivity contribution in [3.05, 3.63) is 10.4 Å². The Labute approximate surface area is 203 Å². The van der Waals surface area contributed by atoms with Crippen molar-refractivity contribution in [1.82, 2.24) is 0 Å². The van der Waals surface area contributed by atoms with E-state index in [-0.39, 0.29) is 39.1 Å². The molecule has 0 aromatic heterocycles. The second-order valence-corrected chi connectivity index (χ2v) is 7.88. The van der Waals surface area contributed by atoms with E-state index < -0.39 is 73.8 Å². The van der Waals surface area contributed by atoms with Crippen LogP contribution in [0.1, 0.15) is 0 Å². The molecule has 0 saturated carbocycles. The monoisotopic (exact) mass is 527 g/mol. The second-order valence-electron chi connectivity index (χ2n) is 7.88. The molecule has 3 unspecified atom stereocenters. The van der Waals surface area contributed by atoms with Crippen LogP contribution >= 0.6 is 0 Å². The Morgan fingerprint density at radius 1 is 0.778 bits per heavy atom. The molecule has 3 aliphatic heterocycles. The molecule has 206 valence electrons. The average Bonchev–Trinajstić information content (AvgIpc) is 2.85. The predicted octanol–water partition coefficient (Wildman–Crippen LogP) is -4.90. The van der Waals surface area contributed by atoms with Crippen LogP contribution in [0.5, 0.6) is 0 Å². The molecule has 0 aromatic rings. The van der Waals surface area contributed by atoms with Crippen LogP contribution in [0, 0.1) is 0 Å². The molecule has 3 fully saturated rings. The average molecular weight is 527 g/mol. The van der Waals surface area contributed by atoms with Crippen LogP contribution in [0.3, 0.4) is 0 Å². The van der Waals surface area contributed by atoms with Gasteiger partial charge in [0.1, 0.15) is 54.9 Å². The van der Waals surface area contributed by atoms with Gasteiger partial charge in [0.2, 0.25) is 0 Å². The lowest BCUT2D eigenvalue weighted by Crippen LogP contribution is -2.62. The fourth-order valence-corrected chi connectivity index (χ4v) is 3.58. The number of nitrogens with zero attached hydrogens (tertiary/aromatic N) is 3. The van der Waals surface area contributed by atoms with Crippen molar-refractivity contribution in [2.45, 2.75) is 73.8 Å². The molecule has 3 heterocycles. The van der Waals surface area contributed by atoms with E-state index >= 15 is 0 Å². The minimum absolute atomic E-state index is 0.000317. The van der Waals surface area contributed by atoms with E-state index in [1.165, 1.54) is 0 Å². The fraction of sp³-hybridized carbons (Fsp3) is 0.944. The molecular formula is C18H29N3O15. The quantitative estimate of drug-likeness (QED) is 0.0674. The molecule has 0 amide bonds. The highest BCUT2D eigenvalue weighted by atomic mass is 16.7. The molecule has 3 aliphatic rings. The molecule has 36 heavy (non-hydrogen) atoms. The standard InChI is InChI=1S/C17H29N3O13.CO2/c18-20-19-1-2-28-15-12(26)10(24)8(5-31-15)32-17-13(27)14(7(22)4-30-17)33-16-11(25)9(23)6(21)3-29-16;2-1-3/h6-17,21-27H,1-5H2;/t6-,7-,8-,9?,10?,11+,12+,13+,14?,15-,16-,17+;/m1./s1. The molecule has 0 spiro atoms. The van der Waals surface area contributed by atoms with Gasteiger partial charge in [0, 0.05) is 11.5 Å². The summed E-state index contributed by atoms with van der Waals surface area (Å²) in [6, 6.07) is 0. The minimum Gasteiger partial charge on any atom is -0.388 e. The lowest BCUT2D eigenvalue weighted by molar-refractivity contribution is -0.352. The van der Waals surface area contributed by atoms with Crippen LogP contribution in [0.15, 0.2) is 5.11 Å². The number of hydrogen-bond donors (Lipinski definition) is 7. The number of carbonyl (C=O) groups excluding carboxylic acids is 2. The van der Waals surface area contributed by atoms with Crippen molar-refractivity contribution < 1.29 is 73.8 Å². The van der Waals surface area contributed by atoms with Gasteiger partial charge in [-0.2, -0.15) is 9.59 Å². The minimum atomic E-state index is -1.64. The van der Waals surface area contributed by atoms with Crippen molar-refractivity contribution in [1.29, 1.82) is 0 Å². The molecule has 18 nitrogen and oxygen atoms in total. The largest absolute Gasteiger partial charge is 0.388 e. The van der Waals surface area contributed by atoms with Gasteiger partial charge in [-0.15, -0.1) is 0 Å². The molecule has 0 bridgehead atoms. The Bertz CT molecular complexity index is 751. The van der Waals surface area contributed by atoms with Crippen molar-refractivity contribution >= 4 is 6.15 Å². The van der Waals surface area contributed by atoms with Crippen molar-refractivity contribution in [2.75, 3.05) is 33.0 Å². The van der Waals surface area contributed by atoms with Gasteiger partial charge in [0.05, 0.1) is 26.4 Å². The lowest BCUT2D eigenvalue weighted by atomic mass is 10.0. The summed E-state index contributed by atoms with van der Waals surface area (Å²) in [7, 11) is 0. The Hall–Kier alpha value is -1.83. The molecule has 7 N–H and O–H groups in total. The number of azide groups is 1. The maximum atomic E-state index is 10.6. The second kappa shape index (κ2) is 14.8. The van der Waals surface area contributed by atoms with E-state index in [9.17, 15) is 35.7 Å². The Balaban J connectivity index is 0.00000145. The molecule has 0 aliphatic carbocycles. The summed E-state index contributed by atoms with van der Waals surface area (Å²) < 4.78 is 31.9. The smallest absolute Gasteiger partial charge is 0.373 e. The first kappa shape index (κ1) is 30.4. The topological polar surface area (TPSA) is 280 Å². The molecule has 3 rings (SSSR count). The summed E-state index contributed by atoms with van der Waals surface area (Å²) in [5.74, 6) is 0. The lowest BCUT2D eigenvalue weighted by Gasteiger charge is -2.44. The highest BCUT2D eigenvalue weighted by Crippen LogP contribution is 2.27. The van der Waals surface area contributed by atoms with Gasteiger partial charge in [0.25, 0.3) is 0 Å². The highest BCUT2D eigenvalue weighted by molar-refractivity contribution is 5.20. The zero-order valence-corrected chi connectivity index (χ0v) is 18.7. The van der Waals surface area contributed by atoms with Gasteiger partial charge in [-0.05, 0) is 5.53 Å². The maximum Gasteiger partial charge on any atom is 0.373 e. The van der Waals surface area contributed by atoms with Crippen molar-refractivity contribution in [3.8, 4) is 0 Å². The van der Waals surface area contributed by atoms with E-state index in [1.807, 2.05) is 0 Å². The maximum absolute atomic E-state index is 10.6. The summed E-state index contributed by atoms with van der Waals surface area (Å²) >= 11 is 0. The Morgan fingerprint density at radius 2 is 1.33 bits per heavy atom. The normalized spacial score (nSPS) is 42.9. The fourth-order valence-electron chi connectivity index (χ4n) is 3.58. The molecule has 0 aromatic carbocycles. The number of aliphatic hydroxyl groups excluding tert-OH is 7. The van der Waals surface area contributed by atoms with E-state index in [2.05, 4.69) is 10.0 Å². The van der Waals surface area contributed by atoms with Gasteiger partial charge in [-0.3, -0.25) is 0 Å². The summed E-state index contributed by atoms with van der Waals surface area (Å²) in [6.07, 6.45) is -16.9. The van der Waals surface area contributed by atoms with E-state index in [1.54, 1.807) is 0 Å². The Kier molecular flexibility index (Phi) is 12.5. The highest BCUT2D eigenvalue weighted by Gasteiger charge is 2.48. The first-order valence-electron chi connectivity index (χ1n) is 10.7. The number of rotatable bonds is 8. The van der Waals surface area contributed by atoms with Crippen LogP contribution in [0.25, 0.3) is 10.4 Å². The van der Waals surface area contributed by atoms with Crippen molar-refractivity contribution in [3.63, 3.8) is 0 Å². The van der Waals surface area contributed by atoms with Crippen LogP contribution < -0.4 is 0 Å². The number of ether oxygens (including phenoxy) is 6. The van der Waals surface area contributed by atoms with Crippen LogP contribution in [-0.2, 0) is 38.0 Å². The number of aliphatic hydroxyl groups is 7.